The minimum Gasteiger partial charge on any atom is -0.504 e. The molecule has 3 heterocycles. The number of phenolic OH excluding ortho intramolecular Hbond substituents is 1. The molecule has 7 nitrogen and oxygen atoms in total. The number of fused-ring (bicyclic) bond motifs is 5. The first-order valence-corrected chi connectivity index (χ1v) is 9.35. The van der Waals surface area contributed by atoms with Crippen molar-refractivity contribution < 1.29 is 23.9 Å². The van der Waals surface area contributed by atoms with Crippen LogP contribution in [0.1, 0.15) is 11.1 Å². The monoisotopic (exact) mass is 398 g/mol. The summed E-state index contributed by atoms with van der Waals surface area (Å²) in [7, 11) is 1.47. The molecule has 1 aromatic heterocycles. The van der Waals surface area contributed by atoms with Crippen LogP contribution in [0.2, 0.25) is 0 Å². The van der Waals surface area contributed by atoms with E-state index in [0.717, 1.165) is 35.5 Å². The lowest BCUT2D eigenvalue weighted by Gasteiger charge is -2.17. The number of nitriles is 2. The van der Waals surface area contributed by atoms with Gasteiger partial charge in [0.05, 0.1) is 18.1 Å². The first-order valence-electron chi connectivity index (χ1n) is 9.35. The van der Waals surface area contributed by atoms with Gasteiger partial charge in [0.2, 0.25) is 12.5 Å². The predicted octanol–water partition coefficient (Wildman–Crippen LogP) is 3.22. The average Bonchev–Trinajstić information content (AvgIpc) is 3.23. The number of benzene rings is 2. The van der Waals surface area contributed by atoms with Crippen molar-refractivity contribution in [1.82, 2.24) is 0 Å². The number of allylic oxidation sites excluding steroid dienone is 1. The van der Waals surface area contributed by atoms with Gasteiger partial charge in [-0.15, -0.1) is 0 Å². The van der Waals surface area contributed by atoms with E-state index in [0.29, 0.717) is 22.1 Å². The van der Waals surface area contributed by atoms with E-state index in [4.69, 9.17) is 14.2 Å². The quantitative estimate of drug-likeness (QED) is 0.526. The molecule has 1 N–H and O–H groups in total. The molecule has 0 spiro atoms. The molecule has 0 fully saturated rings. The number of aryl methyl sites for hydroxylation is 2. The number of hydrogen-bond acceptors (Lipinski definition) is 6. The van der Waals surface area contributed by atoms with E-state index in [-0.39, 0.29) is 23.9 Å². The first-order chi connectivity index (χ1) is 14.6. The fourth-order valence-corrected chi connectivity index (χ4v) is 4.05. The van der Waals surface area contributed by atoms with Crippen LogP contribution in [0, 0.1) is 22.7 Å². The number of nitrogens with zero attached hydrogens (tertiary/aromatic N) is 3. The van der Waals surface area contributed by atoms with Gasteiger partial charge in [-0.05, 0) is 35.4 Å². The van der Waals surface area contributed by atoms with Gasteiger partial charge in [0.15, 0.2) is 35.7 Å². The molecule has 2 aliphatic heterocycles. The summed E-state index contributed by atoms with van der Waals surface area (Å²) in [6, 6.07) is 11.4. The molecule has 5 rings (SSSR count). The summed E-state index contributed by atoms with van der Waals surface area (Å²) < 4.78 is 18.4. The maximum atomic E-state index is 10.7. The SMILES string of the molecule is COc1cc(C=C(C#N)C#N)c2cc3[n+](cc2c1O)CCc1cc2c(cc1-3)OCO2. The number of pyridine rings is 1. The molecule has 0 bridgehead atoms. The zero-order valence-electron chi connectivity index (χ0n) is 16.1. The smallest absolute Gasteiger partial charge is 0.231 e. The fourth-order valence-electron chi connectivity index (χ4n) is 4.05. The van der Waals surface area contributed by atoms with Crippen LogP contribution in [0.15, 0.2) is 36.0 Å². The Balaban J connectivity index is 1.81. The molecular weight excluding hydrogens is 382 g/mol. The highest BCUT2D eigenvalue weighted by molar-refractivity contribution is 5.98. The van der Waals surface area contributed by atoms with Crippen LogP contribution in [-0.4, -0.2) is 19.0 Å². The molecule has 7 heteroatoms. The zero-order valence-corrected chi connectivity index (χ0v) is 16.1. The van der Waals surface area contributed by atoms with Crippen LogP contribution in [-0.2, 0) is 13.0 Å². The lowest BCUT2D eigenvalue weighted by atomic mass is 9.93. The van der Waals surface area contributed by atoms with E-state index in [1.165, 1.54) is 13.2 Å². The lowest BCUT2D eigenvalue weighted by Crippen LogP contribution is -2.40. The predicted molar refractivity (Wildman–Crippen MR) is 107 cm³/mol. The molecule has 0 radical (unpaired) electrons. The second-order valence-electron chi connectivity index (χ2n) is 7.09. The van der Waals surface area contributed by atoms with Gasteiger partial charge in [-0.3, -0.25) is 0 Å². The van der Waals surface area contributed by atoms with Crippen molar-refractivity contribution in [3.63, 3.8) is 0 Å². The molecular formula is C23H16N3O4+. The van der Waals surface area contributed by atoms with Crippen molar-refractivity contribution in [2.45, 2.75) is 13.0 Å². The van der Waals surface area contributed by atoms with E-state index >= 15 is 0 Å². The van der Waals surface area contributed by atoms with E-state index in [2.05, 4.69) is 4.57 Å². The van der Waals surface area contributed by atoms with Gasteiger partial charge in [0.1, 0.15) is 17.7 Å². The molecule has 0 atom stereocenters. The third-order valence-electron chi connectivity index (χ3n) is 5.51. The third kappa shape index (κ3) is 2.61. The van der Waals surface area contributed by atoms with Gasteiger partial charge in [-0.25, -0.2) is 0 Å². The Kier molecular flexibility index (Phi) is 3.97. The van der Waals surface area contributed by atoms with Crippen LogP contribution in [0.5, 0.6) is 23.0 Å². The minimum atomic E-state index is -0.0295. The molecule has 0 amide bonds. The van der Waals surface area contributed by atoms with Crippen molar-refractivity contribution in [3.05, 3.63) is 47.2 Å². The lowest BCUT2D eigenvalue weighted by molar-refractivity contribution is -0.686. The van der Waals surface area contributed by atoms with Crippen molar-refractivity contribution in [2.75, 3.05) is 13.9 Å². The summed E-state index contributed by atoms with van der Waals surface area (Å²) >= 11 is 0. The van der Waals surface area contributed by atoms with Gasteiger partial charge in [0, 0.05) is 17.9 Å². The Morgan fingerprint density at radius 3 is 2.63 bits per heavy atom. The van der Waals surface area contributed by atoms with Crippen molar-refractivity contribution >= 4 is 16.8 Å². The van der Waals surface area contributed by atoms with Crippen molar-refractivity contribution in [3.8, 4) is 46.4 Å². The molecule has 3 aromatic rings. The highest BCUT2D eigenvalue weighted by Gasteiger charge is 2.29. The van der Waals surface area contributed by atoms with Gasteiger partial charge in [0.25, 0.3) is 0 Å². The maximum absolute atomic E-state index is 10.7. The van der Waals surface area contributed by atoms with Crippen LogP contribution in [0.4, 0.5) is 0 Å². The second-order valence-corrected chi connectivity index (χ2v) is 7.09. The van der Waals surface area contributed by atoms with E-state index in [1.54, 1.807) is 6.07 Å². The van der Waals surface area contributed by atoms with Gasteiger partial charge >= 0.3 is 0 Å². The van der Waals surface area contributed by atoms with E-state index < -0.39 is 0 Å². The Bertz CT molecular complexity index is 1330. The summed E-state index contributed by atoms with van der Waals surface area (Å²) in [6.45, 7) is 0.949. The Morgan fingerprint density at radius 1 is 1.13 bits per heavy atom. The topological polar surface area (TPSA) is 99.4 Å². The minimum absolute atomic E-state index is 0.0203. The van der Waals surface area contributed by atoms with Crippen molar-refractivity contribution in [2.24, 2.45) is 0 Å². The zero-order chi connectivity index (χ0) is 20.8. The third-order valence-corrected chi connectivity index (χ3v) is 5.51. The van der Waals surface area contributed by atoms with E-state index in [9.17, 15) is 15.6 Å². The molecule has 0 unspecified atom stereocenters. The average molecular weight is 398 g/mol. The Labute approximate surface area is 172 Å². The molecule has 2 aliphatic rings. The van der Waals surface area contributed by atoms with Crippen molar-refractivity contribution in [1.29, 1.82) is 10.5 Å². The number of phenols is 1. The van der Waals surface area contributed by atoms with Gasteiger partial charge in [-0.1, -0.05) is 0 Å². The molecule has 0 saturated heterocycles. The van der Waals surface area contributed by atoms with Gasteiger partial charge < -0.3 is 19.3 Å². The standard InChI is InChI=1S/C23H15N3O4/c1-28-22-6-15(4-13(9-24)10-25)16-7-19-17-8-21-20(29-12-30-21)5-14(17)2-3-26(19)11-18(16)23(22)27/h4-8,11H,2-3,12H2,1H3/p+1. The summed E-state index contributed by atoms with van der Waals surface area (Å²) in [5.74, 6) is 1.76. The maximum Gasteiger partial charge on any atom is 0.231 e. The van der Waals surface area contributed by atoms with Crippen LogP contribution >= 0.6 is 0 Å². The van der Waals surface area contributed by atoms with Crippen LogP contribution in [0.25, 0.3) is 28.1 Å². The Hall–Kier alpha value is -4.23. The largest absolute Gasteiger partial charge is 0.504 e. The molecule has 0 saturated carbocycles. The van der Waals surface area contributed by atoms with Crippen LogP contribution < -0.4 is 18.8 Å². The summed E-state index contributed by atoms with van der Waals surface area (Å²) in [5.41, 5.74) is 3.73. The molecule has 0 aliphatic carbocycles. The first kappa shape index (κ1) is 17.8. The summed E-state index contributed by atoms with van der Waals surface area (Å²) in [5, 5.41) is 30.4. The molecule has 30 heavy (non-hydrogen) atoms. The number of rotatable bonds is 2. The molecule has 146 valence electrons. The van der Waals surface area contributed by atoms with Crippen LogP contribution in [0.3, 0.4) is 0 Å². The second kappa shape index (κ2) is 6.68. The number of aromatic hydroxyl groups is 1. The van der Waals surface area contributed by atoms with E-state index in [1.807, 2.05) is 36.5 Å². The number of ether oxygens (including phenoxy) is 3. The highest BCUT2D eigenvalue weighted by Crippen LogP contribution is 2.42. The number of methoxy groups -OCH3 is 1. The summed E-state index contributed by atoms with van der Waals surface area (Å²) in [6.07, 6.45) is 4.20. The Morgan fingerprint density at radius 2 is 1.90 bits per heavy atom. The van der Waals surface area contributed by atoms with Gasteiger partial charge in [-0.2, -0.15) is 15.1 Å². The summed E-state index contributed by atoms with van der Waals surface area (Å²) in [4.78, 5) is 0. The number of aromatic nitrogens is 1. The fraction of sp³-hybridized carbons (Fsp3) is 0.174. The number of hydrogen-bond donors (Lipinski definition) is 1. The normalized spacial score (nSPS) is 13.0. The molecule has 2 aromatic carbocycles. The highest BCUT2D eigenvalue weighted by atomic mass is 16.7.